The maximum atomic E-state index is 6.15. The van der Waals surface area contributed by atoms with Gasteiger partial charge in [0.1, 0.15) is 5.82 Å². The first-order valence-electron chi connectivity index (χ1n) is 7.60. The summed E-state index contributed by atoms with van der Waals surface area (Å²) in [6.07, 6.45) is 5.73. The van der Waals surface area contributed by atoms with Crippen molar-refractivity contribution < 1.29 is 0 Å². The first-order chi connectivity index (χ1) is 9.69. The highest BCUT2D eigenvalue weighted by Crippen LogP contribution is 2.34. The molecule has 3 nitrogen and oxygen atoms in total. The van der Waals surface area contributed by atoms with E-state index in [2.05, 4.69) is 17.6 Å². The Morgan fingerprint density at radius 2 is 2.25 bits per heavy atom. The van der Waals surface area contributed by atoms with Crippen molar-refractivity contribution in [2.24, 2.45) is 5.73 Å². The predicted molar refractivity (Wildman–Crippen MR) is 84.2 cm³/mol. The minimum atomic E-state index is 0.326. The molecule has 1 saturated carbocycles. The lowest BCUT2D eigenvalue weighted by atomic mass is 9.85. The molecule has 0 bridgehead atoms. The fourth-order valence-electron chi connectivity index (χ4n) is 3.35. The van der Waals surface area contributed by atoms with E-state index in [-0.39, 0.29) is 0 Å². The number of rotatable bonds is 3. The third kappa shape index (κ3) is 2.57. The van der Waals surface area contributed by atoms with Gasteiger partial charge < -0.3 is 10.3 Å². The molecule has 1 heterocycles. The van der Waals surface area contributed by atoms with E-state index >= 15 is 0 Å². The van der Waals surface area contributed by atoms with E-state index in [9.17, 15) is 0 Å². The summed E-state index contributed by atoms with van der Waals surface area (Å²) < 4.78 is 2.37. The maximum Gasteiger partial charge on any atom is 0.113 e. The molecule has 2 N–H and O–H groups in total. The van der Waals surface area contributed by atoms with Gasteiger partial charge >= 0.3 is 0 Å². The van der Waals surface area contributed by atoms with Crippen LogP contribution in [0.1, 0.15) is 50.8 Å². The Hall–Kier alpha value is -1.06. The average Bonchev–Trinajstić information content (AvgIpc) is 2.77. The number of hydrogen-bond acceptors (Lipinski definition) is 2. The lowest BCUT2D eigenvalue weighted by Crippen LogP contribution is -2.28. The lowest BCUT2D eigenvalue weighted by molar-refractivity contribution is 0.374. The van der Waals surface area contributed by atoms with Crippen LogP contribution >= 0.6 is 11.6 Å². The number of aryl methyl sites for hydroxylation is 1. The first-order valence-corrected chi connectivity index (χ1v) is 7.98. The van der Waals surface area contributed by atoms with Crippen LogP contribution in [0.15, 0.2) is 18.2 Å². The molecule has 1 aromatic heterocycles. The number of halogens is 1. The molecule has 0 saturated heterocycles. The Morgan fingerprint density at radius 3 is 3.00 bits per heavy atom. The lowest BCUT2D eigenvalue weighted by Gasteiger charge is -2.26. The van der Waals surface area contributed by atoms with Crippen LogP contribution in [0.4, 0.5) is 0 Å². The molecule has 0 amide bonds. The van der Waals surface area contributed by atoms with Gasteiger partial charge in [-0.2, -0.15) is 0 Å². The van der Waals surface area contributed by atoms with E-state index in [4.69, 9.17) is 22.3 Å². The second-order valence-corrected chi connectivity index (χ2v) is 6.31. The van der Waals surface area contributed by atoms with Crippen LogP contribution in [-0.2, 0) is 6.54 Å². The number of imidazole rings is 1. The van der Waals surface area contributed by atoms with Crippen molar-refractivity contribution in [2.75, 3.05) is 0 Å². The molecule has 3 rings (SSSR count). The van der Waals surface area contributed by atoms with Crippen molar-refractivity contribution in [1.82, 2.24) is 9.55 Å². The molecule has 1 aliphatic rings. The zero-order chi connectivity index (χ0) is 14.1. The summed E-state index contributed by atoms with van der Waals surface area (Å²) in [5, 5.41) is 0.755. The maximum absolute atomic E-state index is 6.15. The van der Waals surface area contributed by atoms with Crippen molar-refractivity contribution in [3.05, 3.63) is 29.0 Å². The van der Waals surface area contributed by atoms with Gasteiger partial charge in [-0.25, -0.2) is 4.98 Å². The van der Waals surface area contributed by atoms with Crippen LogP contribution in [-0.4, -0.2) is 15.6 Å². The number of nitrogens with zero attached hydrogens (tertiary/aromatic N) is 2. The predicted octanol–water partition coefficient (Wildman–Crippen LogP) is 4.08. The van der Waals surface area contributed by atoms with Crippen molar-refractivity contribution in [3.63, 3.8) is 0 Å². The Kier molecular flexibility index (Phi) is 3.99. The normalized spacial score (nSPS) is 23.4. The van der Waals surface area contributed by atoms with E-state index < -0.39 is 0 Å². The molecule has 1 aromatic carbocycles. The minimum absolute atomic E-state index is 0.326. The molecule has 0 spiro atoms. The zero-order valence-corrected chi connectivity index (χ0v) is 12.7. The van der Waals surface area contributed by atoms with Crippen LogP contribution in [0.5, 0.6) is 0 Å². The van der Waals surface area contributed by atoms with E-state index in [0.717, 1.165) is 36.3 Å². The van der Waals surface area contributed by atoms with E-state index in [1.807, 2.05) is 12.1 Å². The molecule has 2 unspecified atom stereocenters. The topological polar surface area (TPSA) is 43.8 Å². The molecule has 1 fully saturated rings. The smallest absolute Gasteiger partial charge is 0.113 e. The van der Waals surface area contributed by atoms with Gasteiger partial charge in [-0.3, -0.25) is 0 Å². The van der Waals surface area contributed by atoms with Gasteiger partial charge in [0.15, 0.2) is 0 Å². The first kappa shape index (κ1) is 13.9. The summed E-state index contributed by atoms with van der Waals surface area (Å²) in [5.41, 5.74) is 8.36. The molecule has 2 aromatic rings. The Bertz CT molecular complexity index is 605. The monoisotopic (exact) mass is 291 g/mol. The van der Waals surface area contributed by atoms with Crippen LogP contribution in [0.25, 0.3) is 11.0 Å². The highest BCUT2D eigenvalue weighted by molar-refractivity contribution is 6.31. The van der Waals surface area contributed by atoms with Crippen molar-refractivity contribution in [2.45, 2.75) is 57.5 Å². The number of benzene rings is 1. The van der Waals surface area contributed by atoms with Gasteiger partial charge in [0.25, 0.3) is 0 Å². The number of nitrogens with two attached hydrogens (primary N) is 1. The summed E-state index contributed by atoms with van der Waals surface area (Å²) in [6, 6.07) is 6.34. The molecule has 20 heavy (non-hydrogen) atoms. The summed E-state index contributed by atoms with van der Waals surface area (Å²) in [6.45, 7) is 3.22. The highest BCUT2D eigenvalue weighted by atomic mass is 35.5. The summed E-state index contributed by atoms with van der Waals surface area (Å²) in [5.74, 6) is 1.70. The van der Waals surface area contributed by atoms with E-state index in [0.29, 0.717) is 12.0 Å². The zero-order valence-electron chi connectivity index (χ0n) is 12.0. The van der Waals surface area contributed by atoms with Gasteiger partial charge in [0.05, 0.1) is 11.0 Å². The fourth-order valence-corrected chi connectivity index (χ4v) is 3.52. The molecule has 1 aliphatic carbocycles. The average molecular weight is 292 g/mol. The standard InChI is InChI=1S/C16H22ClN3/c1-2-8-20-15-7-6-12(17)10-14(15)19-16(20)11-4-3-5-13(18)9-11/h6-7,10-11,13H,2-5,8-9,18H2,1H3. The van der Waals surface area contributed by atoms with Crippen LogP contribution in [0, 0.1) is 0 Å². The number of fused-ring (bicyclic) bond motifs is 1. The Morgan fingerprint density at radius 1 is 1.40 bits per heavy atom. The fraction of sp³-hybridized carbons (Fsp3) is 0.562. The second kappa shape index (κ2) is 5.74. The van der Waals surface area contributed by atoms with Crippen molar-refractivity contribution in [3.8, 4) is 0 Å². The highest BCUT2D eigenvalue weighted by Gasteiger charge is 2.25. The van der Waals surface area contributed by atoms with Gasteiger partial charge in [0.2, 0.25) is 0 Å². The Labute approximate surface area is 125 Å². The van der Waals surface area contributed by atoms with Crippen LogP contribution in [0.2, 0.25) is 5.02 Å². The SMILES string of the molecule is CCCn1c(C2CCCC(N)C2)nc2cc(Cl)ccc21. The van der Waals surface area contributed by atoms with Gasteiger partial charge in [0, 0.05) is 23.5 Å². The van der Waals surface area contributed by atoms with Gasteiger partial charge in [-0.05, 0) is 43.9 Å². The van der Waals surface area contributed by atoms with Gasteiger partial charge in [-0.15, -0.1) is 0 Å². The molecule has 0 radical (unpaired) electrons. The summed E-state index contributed by atoms with van der Waals surface area (Å²) in [4.78, 5) is 4.87. The third-order valence-corrected chi connectivity index (χ3v) is 4.50. The van der Waals surface area contributed by atoms with Crippen molar-refractivity contribution in [1.29, 1.82) is 0 Å². The molecule has 108 valence electrons. The third-order valence-electron chi connectivity index (χ3n) is 4.27. The molecule has 4 heteroatoms. The van der Waals surface area contributed by atoms with E-state index in [1.165, 1.54) is 24.2 Å². The summed E-state index contributed by atoms with van der Waals surface area (Å²) >= 11 is 6.10. The minimum Gasteiger partial charge on any atom is -0.328 e. The van der Waals surface area contributed by atoms with E-state index in [1.54, 1.807) is 0 Å². The number of aromatic nitrogens is 2. The van der Waals surface area contributed by atoms with Crippen LogP contribution in [0.3, 0.4) is 0 Å². The number of hydrogen-bond donors (Lipinski definition) is 1. The van der Waals surface area contributed by atoms with Gasteiger partial charge in [-0.1, -0.05) is 24.9 Å². The van der Waals surface area contributed by atoms with Crippen molar-refractivity contribution >= 4 is 22.6 Å². The quantitative estimate of drug-likeness (QED) is 0.926. The largest absolute Gasteiger partial charge is 0.328 e. The second-order valence-electron chi connectivity index (χ2n) is 5.88. The Balaban J connectivity index is 2.06. The molecule has 0 aliphatic heterocycles. The summed E-state index contributed by atoms with van der Waals surface area (Å²) in [7, 11) is 0. The molecular weight excluding hydrogens is 270 g/mol. The van der Waals surface area contributed by atoms with Crippen LogP contribution < -0.4 is 5.73 Å². The molecular formula is C16H22ClN3. The molecule has 2 atom stereocenters.